The monoisotopic (exact) mass is 521 g/mol. The summed E-state index contributed by atoms with van der Waals surface area (Å²) in [6.45, 7) is 3.99. The van der Waals surface area contributed by atoms with E-state index in [4.69, 9.17) is 15.9 Å². The number of amides is 1. The van der Waals surface area contributed by atoms with Crippen molar-refractivity contribution in [3.05, 3.63) is 65.9 Å². The normalized spacial score (nSPS) is 17.5. The lowest BCUT2D eigenvalue weighted by Crippen LogP contribution is -2.29. The molecule has 3 heterocycles. The number of carbonyl (C=O) groups excluding carboxylic acids is 1. The van der Waals surface area contributed by atoms with Gasteiger partial charge < -0.3 is 20.1 Å². The molecular formula is C31H31N5O3. The van der Waals surface area contributed by atoms with Crippen molar-refractivity contribution >= 4 is 33.9 Å². The minimum absolute atomic E-state index is 0.116. The van der Waals surface area contributed by atoms with E-state index >= 15 is 0 Å². The van der Waals surface area contributed by atoms with E-state index in [9.17, 15) is 10.1 Å². The number of carbonyl (C=O) groups is 1. The number of aromatic nitrogens is 1. The van der Waals surface area contributed by atoms with E-state index in [1.165, 1.54) is 25.5 Å². The number of piperidine rings is 1. The molecular weight excluding hydrogens is 490 g/mol. The van der Waals surface area contributed by atoms with E-state index in [2.05, 4.69) is 32.5 Å². The van der Waals surface area contributed by atoms with Gasteiger partial charge in [0.15, 0.2) is 0 Å². The smallest absolute Gasteiger partial charge is 0.248 e. The molecule has 8 nitrogen and oxygen atoms in total. The van der Waals surface area contributed by atoms with E-state index in [1.807, 2.05) is 30.3 Å². The number of terminal acetylenes is 1. The summed E-state index contributed by atoms with van der Waals surface area (Å²) in [5.74, 6) is 2.89. The number of nitriles is 1. The van der Waals surface area contributed by atoms with Crippen molar-refractivity contribution < 1.29 is 14.3 Å². The van der Waals surface area contributed by atoms with E-state index in [0.29, 0.717) is 46.8 Å². The summed E-state index contributed by atoms with van der Waals surface area (Å²) in [5, 5.41) is 16.8. The number of likely N-dealkylation sites (tertiary alicyclic amines) is 1. The molecule has 1 amide bonds. The first kappa shape index (κ1) is 26.2. The van der Waals surface area contributed by atoms with Gasteiger partial charge in [0.05, 0.1) is 35.7 Å². The number of ether oxygens (including phenoxy) is 2. The highest BCUT2D eigenvalue weighted by molar-refractivity contribution is 6.04. The second-order valence-corrected chi connectivity index (χ2v) is 9.73. The van der Waals surface area contributed by atoms with Gasteiger partial charge in [-0.05, 0) is 50.2 Å². The van der Waals surface area contributed by atoms with Gasteiger partial charge in [-0.25, -0.2) is 0 Å². The molecule has 2 aromatic carbocycles. The highest BCUT2D eigenvalue weighted by Gasteiger charge is 2.21. The molecule has 2 fully saturated rings. The van der Waals surface area contributed by atoms with Crippen LogP contribution in [0.2, 0.25) is 0 Å². The van der Waals surface area contributed by atoms with Crippen LogP contribution in [0.1, 0.15) is 36.8 Å². The van der Waals surface area contributed by atoms with Crippen LogP contribution in [0.4, 0.5) is 17.1 Å². The van der Waals surface area contributed by atoms with Gasteiger partial charge in [0, 0.05) is 47.9 Å². The number of hydrogen-bond donors (Lipinski definition) is 2. The Morgan fingerprint density at radius 3 is 2.90 bits per heavy atom. The van der Waals surface area contributed by atoms with Crippen molar-refractivity contribution in [1.29, 1.82) is 5.26 Å². The molecule has 2 N–H and O–H groups in total. The minimum atomic E-state index is -0.250. The number of benzene rings is 2. The van der Waals surface area contributed by atoms with Crippen LogP contribution >= 0.6 is 0 Å². The van der Waals surface area contributed by atoms with Gasteiger partial charge in [0.25, 0.3) is 0 Å². The van der Waals surface area contributed by atoms with Gasteiger partial charge in [-0.1, -0.05) is 24.5 Å². The molecule has 1 atom stereocenters. The number of nitrogens with zero attached hydrogens (tertiary/aromatic N) is 3. The molecule has 0 aliphatic carbocycles. The molecule has 0 radical (unpaired) electrons. The highest BCUT2D eigenvalue weighted by atomic mass is 16.5. The maximum atomic E-state index is 13.0. The zero-order chi connectivity index (χ0) is 27.0. The molecule has 0 spiro atoms. The fraction of sp³-hybridized carbons (Fsp3) is 0.323. The van der Waals surface area contributed by atoms with Crippen LogP contribution < -0.4 is 15.4 Å². The highest BCUT2D eigenvalue weighted by Crippen LogP contribution is 2.37. The number of pyridine rings is 1. The Labute approximate surface area is 228 Å². The Bertz CT molecular complexity index is 1460. The molecule has 2 aliphatic heterocycles. The van der Waals surface area contributed by atoms with Crippen LogP contribution in [-0.2, 0) is 9.53 Å². The third-order valence-corrected chi connectivity index (χ3v) is 6.91. The van der Waals surface area contributed by atoms with Crippen molar-refractivity contribution in [3.8, 4) is 24.2 Å². The Morgan fingerprint density at radius 1 is 1.26 bits per heavy atom. The number of fused-ring (bicyclic) bond motifs is 1. The van der Waals surface area contributed by atoms with Crippen molar-refractivity contribution in [2.75, 3.05) is 43.5 Å². The molecule has 3 aromatic rings. The van der Waals surface area contributed by atoms with Crippen LogP contribution in [0, 0.1) is 23.7 Å². The maximum Gasteiger partial charge on any atom is 0.248 e. The number of nitrogens with one attached hydrogen (secondary N) is 2. The molecule has 39 heavy (non-hydrogen) atoms. The number of hydrogen-bond acceptors (Lipinski definition) is 7. The largest absolute Gasteiger partial charge is 0.486 e. The second kappa shape index (κ2) is 12.4. The fourth-order valence-electron chi connectivity index (χ4n) is 4.88. The van der Waals surface area contributed by atoms with Gasteiger partial charge in [0.1, 0.15) is 17.9 Å². The lowest BCUT2D eigenvalue weighted by molar-refractivity contribution is -0.111. The van der Waals surface area contributed by atoms with Crippen molar-refractivity contribution in [2.45, 2.75) is 31.8 Å². The average Bonchev–Trinajstić information content (AvgIpc) is 3.47. The lowest BCUT2D eigenvalue weighted by atomic mass is 10.1. The summed E-state index contributed by atoms with van der Waals surface area (Å²) in [7, 11) is 0. The zero-order valence-electron chi connectivity index (χ0n) is 21.8. The Hall–Kier alpha value is -4.37. The summed E-state index contributed by atoms with van der Waals surface area (Å²) in [6, 6.07) is 13.2. The van der Waals surface area contributed by atoms with E-state index in [0.717, 1.165) is 37.3 Å². The van der Waals surface area contributed by atoms with Gasteiger partial charge in [0.2, 0.25) is 5.91 Å². The van der Waals surface area contributed by atoms with E-state index in [-0.39, 0.29) is 12.0 Å². The third kappa shape index (κ3) is 6.56. The first-order valence-electron chi connectivity index (χ1n) is 13.3. The third-order valence-electron chi connectivity index (χ3n) is 6.91. The average molecular weight is 522 g/mol. The number of rotatable bonds is 8. The zero-order valence-corrected chi connectivity index (χ0v) is 21.8. The number of anilines is 3. The molecule has 2 aliphatic rings. The topological polar surface area (TPSA) is 99.5 Å². The second-order valence-electron chi connectivity index (χ2n) is 9.73. The van der Waals surface area contributed by atoms with Crippen molar-refractivity contribution in [1.82, 2.24) is 9.88 Å². The van der Waals surface area contributed by atoms with Gasteiger partial charge in [-0.2, -0.15) is 5.26 Å². The minimum Gasteiger partial charge on any atom is -0.486 e. The van der Waals surface area contributed by atoms with E-state index < -0.39 is 0 Å². The predicted octanol–water partition coefficient (Wildman–Crippen LogP) is 4.98. The molecule has 8 heteroatoms. The Morgan fingerprint density at radius 2 is 2.13 bits per heavy atom. The lowest BCUT2D eigenvalue weighted by Gasteiger charge is -2.24. The fourth-order valence-corrected chi connectivity index (χ4v) is 4.88. The van der Waals surface area contributed by atoms with Crippen LogP contribution in [0.5, 0.6) is 5.75 Å². The van der Waals surface area contributed by atoms with Crippen LogP contribution in [-0.4, -0.2) is 54.7 Å². The molecule has 1 unspecified atom stereocenters. The maximum absolute atomic E-state index is 13.0. The standard InChI is InChI=1S/C31H31N5O3/c1-2-22-8-6-9-24(16-22)34-31-23(19-32)20-33-27-18-29(39-25-11-15-38-21-25)28(17-26(27)31)35-30(37)10-7-14-36-12-4-3-5-13-36/h1,6-10,16-18,20,25H,3-5,11-15,21H2,(H,33,34)(H,35,37)/b10-7+. The summed E-state index contributed by atoms with van der Waals surface area (Å²) < 4.78 is 11.7. The van der Waals surface area contributed by atoms with Crippen molar-refractivity contribution in [3.63, 3.8) is 0 Å². The molecule has 0 saturated carbocycles. The van der Waals surface area contributed by atoms with Gasteiger partial charge in [-0.3, -0.25) is 14.7 Å². The quantitative estimate of drug-likeness (QED) is 0.319. The van der Waals surface area contributed by atoms with Crippen molar-refractivity contribution in [2.24, 2.45) is 0 Å². The van der Waals surface area contributed by atoms with Gasteiger partial charge >= 0.3 is 0 Å². The Balaban J connectivity index is 1.47. The first-order chi connectivity index (χ1) is 19.1. The van der Waals surface area contributed by atoms with Crippen LogP contribution in [0.3, 0.4) is 0 Å². The molecule has 5 rings (SSSR count). The van der Waals surface area contributed by atoms with Crippen LogP contribution in [0.25, 0.3) is 10.9 Å². The Kier molecular flexibility index (Phi) is 8.38. The molecule has 198 valence electrons. The summed E-state index contributed by atoms with van der Waals surface area (Å²) in [6.07, 6.45) is 14.9. The van der Waals surface area contributed by atoms with Gasteiger partial charge in [-0.15, -0.1) is 6.42 Å². The predicted molar refractivity (Wildman–Crippen MR) is 152 cm³/mol. The molecule has 2 saturated heterocycles. The first-order valence-corrected chi connectivity index (χ1v) is 13.3. The summed E-state index contributed by atoms with van der Waals surface area (Å²) in [5.41, 5.74) is 3.52. The summed E-state index contributed by atoms with van der Waals surface area (Å²) >= 11 is 0. The SMILES string of the molecule is C#Cc1cccc(Nc2c(C#N)cnc3cc(OC4CCOC4)c(NC(=O)/C=C/CN4CCCCC4)cc23)c1. The molecule has 1 aromatic heterocycles. The van der Waals surface area contributed by atoms with E-state index in [1.54, 1.807) is 18.2 Å². The molecule has 0 bridgehead atoms. The van der Waals surface area contributed by atoms with Crippen LogP contribution in [0.15, 0.2) is 54.7 Å². The summed E-state index contributed by atoms with van der Waals surface area (Å²) in [4.78, 5) is 19.8.